The molecule has 1 aliphatic rings. The quantitative estimate of drug-likeness (QED) is 0.790. The third kappa shape index (κ3) is 4.37. The van der Waals surface area contributed by atoms with Gasteiger partial charge in [-0.2, -0.15) is 0 Å². The van der Waals surface area contributed by atoms with Gasteiger partial charge in [0.25, 0.3) is 15.9 Å². The van der Waals surface area contributed by atoms with Crippen LogP contribution >= 0.6 is 0 Å². The zero-order chi connectivity index (χ0) is 22.1. The van der Waals surface area contributed by atoms with Crippen LogP contribution in [0.5, 0.6) is 0 Å². The van der Waals surface area contributed by atoms with Crippen molar-refractivity contribution in [3.63, 3.8) is 0 Å². The van der Waals surface area contributed by atoms with E-state index in [1.165, 1.54) is 0 Å². The lowest BCUT2D eigenvalue weighted by Gasteiger charge is -2.34. The number of hydrogen-bond donors (Lipinski definition) is 1. The molecule has 162 valence electrons. The monoisotopic (exact) mass is 429 g/mol. The molecular weight excluding hydrogens is 398 g/mol. The van der Waals surface area contributed by atoms with E-state index in [0.29, 0.717) is 29.2 Å². The number of nitrogens with zero attached hydrogens (tertiary/aromatic N) is 2. The third-order valence-corrected chi connectivity index (χ3v) is 7.71. The molecule has 0 bridgehead atoms. The molecule has 1 fully saturated rings. The van der Waals surface area contributed by atoms with E-state index in [9.17, 15) is 13.2 Å². The Bertz CT molecular complexity index is 1030. The van der Waals surface area contributed by atoms with Gasteiger partial charge in [-0.15, -0.1) is 0 Å². The summed E-state index contributed by atoms with van der Waals surface area (Å²) < 4.78 is 29.4. The molecule has 0 spiro atoms. The molecular formula is C23H31N3O3S. The molecule has 0 aromatic heterocycles. The van der Waals surface area contributed by atoms with Gasteiger partial charge < -0.3 is 9.80 Å². The number of anilines is 1. The molecule has 3 rings (SSSR count). The smallest absolute Gasteiger partial charge is 0.262 e. The van der Waals surface area contributed by atoms with Crippen LogP contribution in [0.4, 0.5) is 5.69 Å². The molecule has 1 amide bonds. The number of carbonyl (C=O) groups is 1. The standard InChI is InChI=1S/C23H31N3O3S/c1-6-25-11-13-26(14-12-25)23(27)20-9-7-8-10-21(20)24-30(28,29)22-18(4)16(2)15-17(3)19(22)5/h7-10,15,24H,6,11-14H2,1-5H3. The fourth-order valence-electron chi connectivity index (χ4n) is 3.98. The van der Waals surface area contributed by atoms with Crippen molar-refractivity contribution in [1.82, 2.24) is 9.80 Å². The first kappa shape index (κ1) is 22.3. The number of para-hydroxylation sites is 1. The highest BCUT2D eigenvalue weighted by Gasteiger charge is 2.27. The minimum absolute atomic E-state index is 0.141. The molecule has 1 N–H and O–H groups in total. The van der Waals surface area contributed by atoms with Crippen molar-refractivity contribution in [1.29, 1.82) is 0 Å². The number of amides is 1. The van der Waals surface area contributed by atoms with E-state index in [-0.39, 0.29) is 5.91 Å². The van der Waals surface area contributed by atoms with Crippen molar-refractivity contribution in [3.05, 3.63) is 58.1 Å². The summed E-state index contributed by atoms with van der Waals surface area (Å²) in [6.45, 7) is 13.5. The maximum atomic E-state index is 13.3. The maximum Gasteiger partial charge on any atom is 0.262 e. The Morgan fingerprint density at radius 3 is 2.10 bits per heavy atom. The van der Waals surface area contributed by atoms with Crippen LogP contribution in [0.1, 0.15) is 39.5 Å². The first-order valence-corrected chi connectivity index (χ1v) is 11.8. The van der Waals surface area contributed by atoms with Crippen LogP contribution in [0.2, 0.25) is 0 Å². The van der Waals surface area contributed by atoms with Gasteiger partial charge in [0, 0.05) is 26.2 Å². The second-order valence-corrected chi connectivity index (χ2v) is 9.59. The molecule has 0 unspecified atom stereocenters. The van der Waals surface area contributed by atoms with Gasteiger partial charge in [0.1, 0.15) is 0 Å². The zero-order valence-electron chi connectivity index (χ0n) is 18.4. The number of aryl methyl sites for hydroxylation is 2. The molecule has 7 heteroatoms. The Balaban J connectivity index is 1.93. The van der Waals surface area contributed by atoms with Gasteiger partial charge >= 0.3 is 0 Å². The number of sulfonamides is 1. The minimum Gasteiger partial charge on any atom is -0.336 e. The van der Waals surface area contributed by atoms with Gasteiger partial charge in [0.05, 0.1) is 16.1 Å². The van der Waals surface area contributed by atoms with Crippen LogP contribution in [-0.4, -0.2) is 56.8 Å². The largest absolute Gasteiger partial charge is 0.336 e. The predicted octanol–water partition coefficient (Wildman–Crippen LogP) is 3.50. The highest BCUT2D eigenvalue weighted by Crippen LogP contribution is 2.29. The molecule has 1 aliphatic heterocycles. The van der Waals surface area contributed by atoms with Crippen LogP contribution in [0.3, 0.4) is 0 Å². The number of nitrogens with one attached hydrogen (secondary N) is 1. The van der Waals surface area contributed by atoms with Gasteiger partial charge in [-0.05, 0) is 68.6 Å². The van der Waals surface area contributed by atoms with Crippen molar-refractivity contribution in [2.45, 2.75) is 39.5 Å². The molecule has 30 heavy (non-hydrogen) atoms. The van der Waals surface area contributed by atoms with Crippen molar-refractivity contribution in [2.24, 2.45) is 0 Å². The Morgan fingerprint density at radius 1 is 0.967 bits per heavy atom. The molecule has 2 aromatic rings. The summed E-state index contributed by atoms with van der Waals surface area (Å²) in [5.74, 6) is -0.141. The van der Waals surface area contributed by atoms with E-state index in [1.807, 2.05) is 33.8 Å². The van der Waals surface area contributed by atoms with Gasteiger partial charge in [-0.1, -0.05) is 25.1 Å². The van der Waals surface area contributed by atoms with Gasteiger partial charge in [-0.3, -0.25) is 9.52 Å². The van der Waals surface area contributed by atoms with Crippen LogP contribution < -0.4 is 4.72 Å². The number of rotatable bonds is 5. The summed E-state index contributed by atoms with van der Waals surface area (Å²) in [6, 6.07) is 8.84. The lowest BCUT2D eigenvalue weighted by Crippen LogP contribution is -2.48. The molecule has 1 saturated heterocycles. The fraction of sp³-hybridized carbons (Fsp3) is 0.435. The summed E-state index contributed by atoms with van der Waals surface area (Å²) in [5.41, 5.74) is 4.01. The highest BCUT2D eigenvalue weighted by molar-refractivity contribution is 7.92. The highest BCUT2D eigenvalue weighted by atomic mass is 32.2. The van der Waals surface area contributed by atoms with Crippen LogP contribution in [0.25, 0.3) is 0 Å². The third-order valence-electron chi connectivity index (χ3n) is 6.07. The Hall–Kier alpha value is -2.38. The molecule has 0 aliphatic carbocycles. The fourth-order valence-corrected chi connectivity index (χ4v) is 5.67. The average Bonchev–Trinajstić information content (AvgIpc) is 2.72. The zero-order valence-corrected chi connectivity index (χ0v) is 19.3. The van der Waals surface area contributed by atoms with E-state index < -0.39 is 10.0 Å². The summed E-state index contributed by atoms with van der Waals surface area (Å²) in [6.07, 6.45) is 0. The second kappa shape index (κ2) is 8.78. The molecule has 6 nitrogen and oxygen atoms in total. The van der Waals surface area contributed by atoms with Crippen molar-refractivity contribution in [3.8, 4) is 0 Å². The predicted molar refractivity (Wildman–Crippen MR) is 121 cm³/mol. The van der Waals surface area contributed by atoms with Gasteiger partial charge in [0.15, 0.2) is 0 Å². The number of likely N-dealkylation sites (N-methyl/N-ethyl adjacent to an activating group) is 1. The Morgan fingerprint density at radius 2 is 1.53 bits per heavy atom. The van der Waals surface area contributed by atoms with Gasteiger partial charge in [-0.25, -0.2) is 8.42 Å². The van der Waals surface area contributed by atoms with Crippen LogP contribution in [0.15, 0.2) is 35.2 Å². The van der Waals surface area contributed by atoms with E-state index >= 15 is 0 Å². The van der Waals surface area contributed by atoms with E-state index in [4.69, 9.17) is 0 Å². The first-order valence-electron chi connectivity index (χ1n) is 10.4. The maximum absolute atomic E-state index is 13.3. The van der Waals surface area contributed by atoms with Crippen molar-refractivity contribution < 1.29 is 13.2 Å². The number of benzene rings is 2. The summed E-state index contributed by atoms with van der Waals surface area (Å²) in [4.78, 5) is 17.5. The van der Waals surface area contributed by atoms with Crippen molar-refractivity contribution in [2.75, 3.05) is 37.4 Å². The SMILES string of the molecule is CCN1CCN(C(=O)c2ccccc2NS(=O)(=O)c2c(C)c(C)cc(C)c2C)CC1. The van der Waals surface area contributed by atoms with Crippen molar-refractivity contribution >= 4 is 21.6 Å². The number of hydrogen-bond acceptors (Lipinski definition) is 4. The molecule has 1 heterocycles. The summed E-state index contributed by atoms with van der Waals surface area (Å²) in [7, 11) is -3.85. The average molecular weight is 430 g/mol. The van der Waals surface area contributed by atoms with E-state index in [0.717, 1.165) is 41.9 Å². The lowest BCUT2D eigenvalue weighted by atomic mass is 10.0. The number of carbonyl (C=O) groups excluding carboxylic acids is 1. The van der Waals surface area contributed by atoms with Crippen LogP contribution in [-0.2, 0) is 10.0 Å². The molecule has 0 saturated carbocycles. The summed E-state index contributed by atoms with van der Waals surface area (Å²) >= 11 is 0. The molecule has 0 radical (unpaired) electrons. The van der Waals surface area contributed by atoms with Gasteiger partial charge in [0.2, 0.25) is 0 Å². The van der Waals surface area contributed by atoms with E-state index in [1.54, 1.807) is 29.2 Å². The number of piperazine rings is 1. The Kier molecular flexibility index (Phi) is 6.53. The second-order valence-electron chi connectivity index (χ2n) is 7.97. The van der Waals surface area contributed by atoms with Crippen LogP contribution in [0, 0.1) is 27.7 Å². The normalized spacial score (nSPS) is 15.3. The Labute approximate surface area is 179 Å². The molecule has 0 atom stereocenters. The summed E-state index contributed by atoms with van der Waals surface area (Å²) in [5, 5.41) is 0. The lowest BCUT2D eigenvalue weighted by molar-refractivity contribution is 0.0644. The topological polar surface area (TPSA) is 69.7 Å². The minimum atomic E-state index is -3.85. The van der Waals surface area contributed by atoms with E-state index in [2.05, 4.69) is 16.5 Å². The first-order chi connectivity index (χ1) is 14.2. The molecule has 2 aromatic carbocycles.